The van der Waals surface area contributed by atoms with Crippen LogP contribution in [0, 0.1) is 5.41 Å². The fraction of sp³-hybridized carbons (Fsp3) is 0.867. The van der Waals surface area contributed by atoms with Crippen LogP contribution in [0.25, 0.3) is 0 Å². The highest BCUT2D eigenvalue weighted by Gasteiger charge is 2.43. The Kier molecular flexibility index (Phi) is 9.01. The summed E-state index contributed by atoms with van der Waals surface area (Å²) in [6, 6.07) is 0. The van der Waals surface area contributed by atoms with Crippen molar-refractivity contribution in [2.75, 3.05) is 13.1 Å². The van der Waals surface area contributed by atoms with Crippen molar-refractivity contribution in [2.45, 2.75) is 66.2 Å². The molecule has 0 aromatic carbocycles. The van der Waals surface area contributed by atoms with Crippen LogP contribution in [0.1, 0.15) is 66.2 Å². The molecular formula is C15H31N3O2. The molecule has 0 rings (SSSR count). The van der Waals surface area contributed by atoms with Crippen molar-refractivity contribution < 1.29 is 10.0 Å². The van der Waals surface area contributed by atoms with Gasteiger partial charge in [-0.3, -0.25) is 4.79 Å². The van der Waals surface area contributed by atoms with E-state index < -0.39 is 5.41 Å². The number of carbonyl (C=O) groups is 1. The lowest BCUT2D eigenvalue weighted by molar-refractivity contribution is -0.139. The van der Waals surface area contributed by atoms with E-state index in [1.165, 1.54) is 0 Å². The number of carbonyl (C=O) groups excluding carboxylic acids is 1. The van der Waals surface area contributed by atoms with Crippen LogP contribution in [-0.2, 0) is 4.79 Å². The summed E-state index contributed by atoms with van der Waals surface area (Å²) < 4.78 is 0. The summed E-state index contributed by atoms with van der Waals surface area (Å²) in [6.45, 7) is 9.60. The third-order valence-corrected chi connectivity index (χ3v) is 3.64. The van der Waals surface area contributed by atoms with Gasteiger partial charge in [0.2, 0.25) is 5.91 Å². The van der Waals surface area contributed by atoms with Crippen molar-refractivity contribution in [1.29, 1.82) is 0 Å². The zero-order valence-corrected chi connectivity index (χ0v) is 13.5. The Labute approximate surface area is 123 Å². The standard InChI is InChI=1S/C15H31N3O2/c1-5-9-15(10-6-2,13(16)17-20)14(19)18(11-7-3)12-8-4/h20H,5-12H2,1-4H3,(H2,16,17). The number of amides is 1. The predicted molar refractivity (Wildman–Crippen MR) is 82.8 cm³/mol. The van der Waals surface area contributed by atoms with E-state index in [0.29, 0.717) is 12.8 Å². The third kappa shape index (κ3) is 4.39. The van der Waals surface area contributed by atoms with Gasteiger partial charge >= 0.3 is 0 Å². The second-order valence-corrected chi connectivity index (χ2v) is 5.36. The molecule has 20 heavy (non-hydrogen) atoms. The Hall–Kier alpha value is -1.26. The van der Waals surface area contributed by atoms with Crippen LogP contribution in [-0.4, -0.2) is 34.9 Å². The number of nitrogens with two attached hydrogens (primary N) is 1. The highest BCUT2D eigenvalue weighted by molar-refractivity contribution is 6.06. The number of nitrogens with zero attached hydrogens (tertiary/aromatic N) is 2. The fourth-order valence-corrected chi connectivity index (χ4v) is 2.81. The molecule has 0 unspecified atom stereocenters. The summed E-state index contributed by atoms with van der Waals surface area (Å²) in [7, 11) is 0. The molecule has 5 nitrogen and oxygen atoms in total. The van der Waals surface area contributed by atoms with E-state index in [0.717, 1.165) is 38.8 Å². The van der Waals surface area contributed by atoms with Crippen LogP contribution in [0.15, 0.2) is 5.16 Å². The van der Waals surface area contributed by atoms with Gasteiger partial charge in [-0.25, -0.2) is 0 Å². The zero-order chi connectivity index (χ0) is 15.6. The van der Waals surface area contributed by atoms with E-state index in [1.807, 2.05) is 18.7 Å². The highest BCUT2D eigenvalue weighted by atomic mass is 16.4. The maximum Gasteiger partial charge on any atom is 0.236 e. The molecular weight excluding hydrogens is 254 g/mol. The van der Waals surface area contributed by atoms with Crippen molar-refractivity contribution in [3.63, 3.8) is 0 Å². The van der Waals surface area contributed by atoms with Gasteiger partial charge in [0.1, 0.15) is 5.41 Å². The average molecular weight is 285 g/mol. The van der Waals surface area contributed by atoms with Crippen LogP contribution < -0.4 is 5.73 Å². The monoisotopic (exact) mass is 285 g/mol. The Morgan fingerprint density at radius 2 is 1.50 bits per heavy atom. The molecule has 0 atom stereocenters. The average Bonchev–Trinajstić information content (AvgIpc) is 2.45. The number of oxime groups is 1. The van der Waals surface area contributed by atoms with E-state index >= 15 is 0 Å². The van der Waals surface area contributed by atoms with Crippen LogP contribution in [0.5, 0.6) is 0 Å². The Morgan fingerprint density at radius 3 is 1.80 bits per heavy atom. The number of hydrogen-bond donors (Lipinski definition) is 2. The van der Waals surface area contributed by atoms with Crippen molar-refractivity contribution in [3.8, 4) is 0 Å². The van der Waals surface area contributed by atoms with Gasteiger partial charge in [0.15, 0.2) is 5.84 Å². The van der Waals surface area contributed by atoms with Gasteiger partial charge in [-0.05, 0) is 25.7 Å². The molecule has 0 aromatic heterocycles. The van der Waals surface area contributed by atoms with E-state index in [2.05, 4.69) is 19.0 Å². The molecule has 1 amide bonds. The molecule has 0 aliphatic heterocycles. The van der Waals surface area contributed by atoms with Gasteiger partial charge in [0, 0.05) is 13.1 Å². The van der Waals surface area contributed by atoms with Gasteiger partial charge in [-0.15, -0.1) is 0 Å². The van der Waals surface area contributed by atoms with Crippen LogP contribution in [0.2, 0.25) is 0 Å². The first kappa shape index (κ1) is 18.7. The van der Waals surface area contributed by atoms with E-state index in [4.69, 9.17) is 10.9 Å². The predicted octanol–water partition coefficient (Wildman–Crippen LogP) is 2.97. The van der Waals surface area contributed by atoms with E-state index in [1.54, 1.807) is 0 Å². The van der Waals surface area contributed by atoms with Crippen molar-refractivity contribution in [2.24, 2.45) is 16.3 Å². The first-order chi connectivity index (χ1) is 9.53. The molecule has 0 saturated carbocycles. The summed E-state index contributed by atoms with van der Waals surface area (Å²) in [6.07, 6.45) is 4.73. The molecule has 3 N–H and O–H groups in total. The first-order valence-corrected chi connectivity index (χ1v) is 7.81. The molecule has 5 heteroatoms. The van der Waals surface area contributed by atoms with Crippen molar-refractivity contribution >= 4 is 11.7 Å². The third-order valence-electron chi connectivity index (χ3n) is 3.64. The minimum atomic E-state index is -0.845. The van der Waals surface area contributed by atoms with E-state index in [9.17, 15) is 4.79 Å². The summed E-state index contributed by atoms with van der Waals surface area (Å²) in [5.74, 6) is 0.0728. The molecule has 0 aromatic rings. The molecule has 0 fully saturated rings. The second kappa shape index (κ2) is 9.61. The second-order valence-electron chi connectivity index (χ2n) is 5.36. The Morgan fingerprint density at radius 1 is 1.05 bits per heavy atom. The van der Waals surface area contributed by atoms with Gasteiger partial charge in [-0.2, -0.15) is 0 Å². The maximum atomic E-state index is 13.0. The smallest absolute Gasteiger partial charge is 0.236 e. The number of amidine groups is 1. The van der Waals surface area contributed by atoms with Crippen LogP contribution in [0.3, 0.4) is 0 Å². The highest BCUT2D eigenvalue weighted by Crippen LogP contribution is 2.33. The van der Waals surface area contributed by atoms with Crippen LogP contribution >= 0.6 is 0 Å². The minimum absolute atomic E-state index is 0.0141. The number of hydrogen-bond acceptors (Lipinski definition) is 3. The molecule has 0 spiro atoms. The lowest BCUT2D eigenvalue weighted by Gasteiger charge is -2.36. The summed E-state index contributed by atoms with van der Waals surface area (Å²) in [4.78, 5) is 14.8. The van der Waals surface area contributed by atoms with Gasteiger partial charge in [0.05, 0.1) is 0 Å². The molecule has 0 aliphatic carbocycles. The first-order valence-electron chi connectivity index (χ1n) is 7.81. The van der Waals surface area contributed by atoms with Crippen molar-refractivity contribution in [1.82, 2.24) is 4.90 Å². The molecule has 118 valence electrons. The molecule has 0 radical (unpaired) electrons. The minimum Gasteiger partial charge on any atom is -0.409 e. The normalized spacial score (nSPS) is 12.5. The van der Waals surface area contributed by atoms with Gasteiger partial charge < -0.3 is 15.8 Å². The quantitative estimate of drug-likeness (QED) is 0.280. The summed E-state index contributed by atoms with van der Waals surface area (Å²) >= 11 is 0. The molecule has 0 heterocycles. The molecule has 0 saturated heterocycles. The van der Waals surface area contributed by atoms with E-state index in [-0.39, 0.29) is 11.7 Å². The number of rotatable bonds is 10. The Balaban J connectivity index is 5.50. The molecule has 0 bridgehead atoms. The lowest BCUT2D eigenvalue weighted by Crippen LogP contribution is -2.52. The topological polar surface area (TPSA) is 78.9 Å². The lowest BCUT2D eigenvalue weighted by atomic mass is 9.76. The SMILES string of the molecule is CCCN(CCC)C(=O)C(CCC)(CCC)C(N)=NO. The van der Waals surface area contributed by atoms with Gasteiger partial charge in [-0.1, -0.05) is 45.7 Å². The zero-order valence-electron chi connectivity index (χ0n) is 13.5. The molecule has 0 aliphatic rings. The Bertz CT molecular complexity index is 304. The fourth-order valence-electron chi connectivity index (χ4n) is 2.81. The maximum absolute atomic E-state index is 13.0. The van der Waals surface area contributed by atoms with Crippen LogP contribution in [0.4, 0.5) is 0 Å². The van der Waals surface area contributed by atoms with Crippen molar-refractivity contribution in [3.05, 3.63) is 0 Å². The van der Waals surface area contributed by atoms with Gasteiger partial charge in [0.25, 0.3) is 0 Å². The largest absolute Gasteiger partial charge is 0.409 e. The summed E-state index contributed by atoms with van der Waals surface area (Å²) in [5.41, 5.74) is 5.06. The summed E-state index contributed by atoms with van der Waals surface area (Å²) in [5, 5.41) is 12.3.